The highest BCUT2D eigenvalue weighted by Gasteiger charge is 2.42. The summed E-state index contributed by atoms with van der Waals surface area (Å²) in [6.45, 7) is 4.28. The van der Waals surface area contributed by atoms with Gasteiger partial charge in [-0.3, -0.25) is 4.79 Å². The summed E-state index contributed by atoms with van der Waals surface area (Å²) in [5.74, 6) is -0.162. The van der Waals surface area contributed by atoms with Gasteiger partial charge < -0.3 is 14.5 Å². The van der Waals surface area contributed by atoms with Gasteiger partial charge in [-0.05, 0) is 43.4 Å². The Morgan fingerprint density at radius 2 is 1.97 bits per heavy atom. The van der Waals surface area contributed by atoms with Crippen molar-refractivity contribution in [3.63, 3.8) is 0 Å². The van der Waals surface area contributed by atoms with E-state index in [9.17, 15) is 9.59 Å². The first-order valence-electron chi connectivity index (χ1n) is 10.6. The van der Waals surface area contributed by atoms with E-state index >= 15 is 0 Å². The van der Waals surface area contributed by atoms with Crippen LogP contribution in [0.15, 0.2) is 75.7 Å². The predicted octanol–water partition coefficient (Wildman–Crippen LogP) is 4.98. The third kappa shape index (κ3) is 3.84. The first-order chi connectivity index (χ1) is 14.6. The minimum atomic E-state index is -0.533. The van der Waals surface area contributed by atoms with Gasteiger partial charge in [-0.25, -0.2) is 4.79 Å². The molecular weight excluding hydrogens is 378 g/mol. The number of ether oxygens (including phenoxy) is 1. The molecule has 30 heavy (non-hydrogen) atoms. The Labute approximate surface area is 176 Å². The van der Waals surface area contributed by atoms with E-state index in [0.29, 0.717) is 29.9 Å². The second-order valence-electron chi connectivity index (χ2n) is 7.93. The van der Waals surface area contributed by atoms with E-state index < -0.39 is 5.92 Å². The molecule has 4 rings (SSSR count). The number of dihydropyridines is 1. The number of esters is 1. The van der Waals surface area contributed by atoms with Gasteiger partial charge >= 0.3 is 5.97 Å². The number of carbonyl (C=O) groups excluding carboxylic acids is 2. The lowest BCUT2D eigenvalue weighted by molar-refractivity contribution is -0.139. The van der Waals surface area contributed by atoms with Crippen molar-refractivity contribution in [1.29, 1.82) is 0 Å². The molecular formula is C25H27NO4. The van der Waals surface area contributed by atoms with E-state index in [1.165, 1.54) is 0 Å². The molecule has 0 saturated heterocycles. The topological polar surface area (TPSA) is 68.5 Å². The van der Waals surface area contributed by atoms with E-state index in [1.54, 1.807) is 12.3 Å². The smallest absolute Gasteiger partial charge is 0.336 e. The van der Waals surface area contributed by atoms with Crippen molar-refractivity contribution in [2.24, 2.45) is 0 Å². The van der Waals surface area contributed by atoms with E-state index in [4.69, 9.17) is 9.15 Å². The van der Waals surface area contributed by atoms with Gasteiger partial charge in [-0.1, -0.05) is 43.7 Å². The third-order valence-corrected chi connectivity index (χ3v) is 5.88. The first kappa shape index (κ1) is 20.2. The number of carbonyl (C=O) groups is 2. The maximum absolute atomic E-state index is 13.3. The summed E-state index contributed by atoms with van der Waals surface area (Å²) in [5.41, 5.74) is 3.85. The highest BCUT2D eigenvalue weighted by Crippen LogP contribution is 2.45. The van der Waals surface area contributed by atoms with Crippen molar-refractivity contribution < 1.29 is 18.7 Å². The molecule has 1 aliphatic carbocycles. The maximum Gasteiger partial charge on any atom is 0.336 e. The summed E-state index contributed by atoms with van der Waals surface area (Å²) in [6, 6.07) is 13.7. The molecule has 1 aliphatic heterocycles. The number of hydrogen-bond donors (Lipinski definition) is 1. The van der Waals surface area contributed by atoms with Crippen molar-refractivity contribution in [2.45, 2.75) is 51.4 Å². The van der Waals surface area contributed by atoms with E-state index in [0.717, 1.165) is 36.2 Å². The van der Waals surface area contributed by atoms with Crippen LogP contribution in [0.25, 0.3) is 0 Å². The van der Waals surface area contributed by atoms with E-state index in [2.05, 4.69) is 17.4 Å². The van der Waals surface area contributed by atoms with Gasteiger partial charge in [0, 0.05) is 23.4 Å². The van der Waals surface area contributed by atoms with Gasteiger partial charge in [0.15, 0.2) is 5.78 Å². The van der Waals surface area contributed by atoms with Crippen LogP contribution < -0.4 is 5.32 Å². The number of ketones is 1. The Bertz CT molecular complexity index is 985. The molecule has 0 bridgehead atoms. The van der Waals surface area contributed by atoms with Crippen molar-refractivity contribution in [3.05, 3.63) is 82.6 Å². The molecule has 0 amide bonds. The molecule has 0 spiro atoms. The Kier molecular flexibility index (Phi) is 5.88. The zero-order valence-corrected chi connectivity index (χ0v) is 17.4. The lowest BCUT2D eigenvalue weighted by Gasteiger charge is -2.35. The average Bonchev–Trinajstić information content (AvgIpc) is 3.28. The maximum atomic E-state index is 13.3. The van der Waals surface area contributed by atoms with Crippen LogP contribution in [0, 0.1) is 0 Å². The van der Waals surface area contributed by atoms with Crippen LogP contribution in [0.1, 0.15) is 62.7 Å². The zero-order valence-electron chi connectivity index (χ0n) is 17.4. The van der Waals surface area contributed by atoms with Gasteiger partial charge in [0.2, 0.25) is 0 Å². The fourth-order valence-corrected chi connectivity index (χ4v) is 4.40. The fraction of sp³-hybridized carbons (Fsp3) is 0.360. The molecule has 2 aliphatic rings. The molecule has 1 N–H and O–H groups in total. The van der Waals surface area contributed by atoms with Crippen LogP contribution in [-0.4, -0.2) is 18.4 Å². The minimum absolute atomic E-state index is 0.0466. The minimum Gasteiger partial charge on any atom is -0.468 e. The molecule has 2 heterocycles. The predicted molar refractivity (Wildman–Crippen MR) is 114 cm³/mol. The standard InChI is InChI=1S/C25H27NO4/c1-3-4-12-30-25(28)22-16(2)26-19-14-18(17-9-6-5-7-10-17)15-20(27)23(19)24(22)21-11-8-13-29-21/h5-11,13,18,24,26H,3-4,12,14-15H2,1-2H3/t18-,24+/m0/s1. The highest BCUT2D eigenvalue weighted by atomic mass is 16.5. The number of nitrogens with one attached hydrogen (secondary N) is 1. The summed E-state index contributed by atoms with van der Waals surface area (Å²) >= 11 is 0. The number of unbranched alkanes of at least 4 members (excludes halogenated alkanes) is 1. The van der Waals surface area contributed by atoms with Crippen LogP contribution in [0.4, 0.5) is 0 Å². The third-order valence-electron chi connectivity index (χ3n) is 5.88. The molecule has 0 radical (unpaired) electrons. The monoisotopic (exact) mass is 405 g/mol. The Balaban J connectivity index is 1.70. The van der Waals surface area contributed by atoms with Gasteiger partial charge in [-0.2, -0.15) is 0 Å². The van der Waals surface area contributed by atoms with Crippen molar-refractivity contribution >= 4 is 11.8 Å². The molecule has 0 fully saturated rings. The Morgan fingerprint density at radius 1 is 1.17 bits per heavy atom. The summed E-state index contributed by atoms with van der Waals surface area (Å²) in [7, 11) is 0. The second-order valence-corrected chi connectivity index (χ2v) is 7.93. The molecule has 0 unspecified atom stereocenters. The van der Waals surface area contributed by atoms with Gasteiger partial charge in [0.05, 0.1) is 24.4 Å². The van der Waals surface area contributed by atoms with Crippen molar-refractivity contribution in [1.82, 2.24) is 5.32 Å². The van der Waals surface area contributed by atoms with Gasteiger partial charge in [0.25, 0.3) is 0 Å². The van der Waals surface area contributed by atoms with Crippen LogP contribution in [0.3, 0.4) is 0 Å². The Morgan fingerprint density at radius 3 is 2.67 bits per heavy atom. The van der Waals surface area contributed by atoms with Gasteiger partial charge in [0.1, 0.15) is 5.76 Å². The zero-order chi connectivity index (χ0) is 21.1. The second kappa shape index (κ2) is 8.74. The number of hydrogen-bond acceptors (Lipinski definition) is 5. The summed E-state index contributed by atoms with van der Waals surface area (Å²) in [5, 5.41) is 3.36. The normalized spacial score (nSPS) is 21.3. The largest absolute Gasteiger partial charge is 0.468 e. The molecule has 5 heteroatoms. The number of benzene rings is 1. The van der Waals surface area contributed by atoms with Crippen LogP contribution in [0.2, 0.25) is 0 Å². The lowest BCUT2D eigenvalue weighted by atomic mass is 9.73. The average molecular weight is 405 g/mol. The molecule has 1 aromatic carbocycles. The number of furan rings is 1. The first-order valence-corrected chi connectivity index (χ1v) is 10.6. The van der Waals surface area contributed by atoms with Gasteiger partial charge in [-0.15, -0.1) is 0 Å². The fourth-order valence-electron chi connectivity index (χ4n) is 4.40. The van der Waals surface area contributed by atoms with Crippen LogP contribution in [-0.2, 0) is 14.3 Å². The molecule has 2 atom stereocenters. The summed E-state index contributed by atoms with van der Waals surface area (Å²) < 4.78 is 11.2. The SMILES string of the molecule is CCCCOC(=O)C1=C(C)NC2=C(C(=O)C[C@@H](c3ccccc3)C2)[C@@H]1c1ccco1. The molecule has 2 aromatic rings. The molecule has 0 saturated carbocycles. The lowest BCUT2D eigenvalue weighted by Crippen LogP contribution is -2.36. The van der Waals surface area contributed by atoms with Crippen molar-refractivity contribution in [3.8, 4) is 0 Å². The molecule has 5 nitrogen and oxygen atoms in total. The highest BCUT2D eigenvalue weighted by molar-refractivity contribution is 6.04. The van der Waals surface area contributed by atoms with E-state index in [-0.39, 0.29) is 17.7 Å². The summed E-state index contributed by atoms with van der Waals surface area (Å²) in [6.07, 6.45) is 4.46. The number of rotatable bonds is 6. The van der Waals surface area contributed by atoms with Crippen LogP contribution in [0.5, 0.6) is 0 Å². The van der Waals surface area contributed by atoms with Crippen LogP contribution >= 0.6 is 0 Å². The quantitative estimate of drug-likeness (QED) is 0.542. The number of Topliss-reactive ketones (excluding diaryl/α,β-unsaturated/α-hetero) is 1. The van der Waals surface area contributed by atoms with Crippen molar-refractivity contribution in [2.75, 3.05) is 6.61 Å². The summed E-state index contributed by atoms with van der Waals surface area (Å²) in [4.78, 5) is 26.3. The molecule has 1 aromatic heterocycles. The Hall–Kier alpha value is -3.08. The number of allylic oxidation sites excluding steroid dienone is 3. The molecule has 156 valence electrons. The van der Waals surface area contributed by atoms with E-state index in [1.807, 2.05) is 38.1 Å².